The first-order chi connectivity index (χ1) is 15.2. The lowest BCUT2D eigenvalue weighted by atomic mass is 10.1. The summed E-state index contributed by atoms with van der Waals surface area (Å²) in [6.07, 6.45) is 1.59. The number of aromatic amines is 1. The van der Waals surface area contributed by atoms with E-state index in [1.54, 1.807) is 41.3 Å². The predicted octanol–water partition coefficient (Wildman–Crippen LogP) is 2.76. The molecule has 0 aliphatic carbocycles. The molecule has 32 heavy (non-hydrogen) atoms. The molecule has 8 nitrogen and oxygen atoms in total. The number of piperazine rings is 1. The van der Waals surface area contributed by atoms with E-state index < -0.39 is 10.0 Å². The van der Waals surface area contributed by atoms with Gasteiger partial charge in [-0.3, -0.25) is 14.2 Å². The number of H-pyrrole nitrogens is 1. The van der Waals surface area contributed by atoms with Gasteiger partial charge in [0.25, 0.3) is 21.5 Å². The summed E-state index contributed by atoms with van der Waals surface area (Å²) in [6, 6.07) is 8.24. The van der Waals surface area contributed by atoms with Gasteiger partial charge >= 0.3 is 0 Å². The first-order valence-electron chi connectivity index (χ1n) is 9.96. The maximum Gasteiger partial charge on any atom is 0.262 e. The van der Waals surface area contributed by atoms with Crippen LogP contribution in [0.3, 0.4) is 0 Å². The molecular formula is C21H22N4O4S3. The Morgan fingerprint density at radius 3 is 2.56 bits per heavy atom. The lowest BCUT2D eigenvalue weighted by Gasteiger charge is -2.33. The zero-order chi connectivity index (χ0) is 23.0. The van der Waals surface area contributed by atoms with Gasteiger partial charge in [0.1, 0.15) is 4.21 Å². The van der Waals surface area contributed by atoms with Gasteiger partial charge in [0.2, 0.25) is 0 Å². The Morgan fingerprint density at radius 1 is 1.22 bits per heavy atom. The summed E-state index contributed by atoms with van der Waals surface area (Å²) in [5, 5.41) is 0.430. The molecule has 1 amide bonds. The summed E-state index contributed by atoms with van der Waals surface area (Å²) >= 11 is 6.50. The Labute approximate surface area is 194 Å². The van der Waals surface area contributed by atoms with Crippen LogP contribution < -0.4 is 5.56 Å². The van der Waals surface area contributed by atoms with Crippen molar-refractivity contribution >= 4 is 50.4 Å². The van der Waals surface area contributed by atoms with Gasteiger partial charge in [-0.2, -0.15) is 4.31 Å². The molecule has 168 valence electrons. The molecule has 1 aromatic carbocycles. The maximum atomic E-state index is 13.0. The fraction of sp³-hybridized carbons (Fsp3) is 0.286. The summed E-state index contributed by atoms with van der Waals surface area (Å²) in [5.41, 5.74) is 0.653. The number of allylic oxidation sites excluding steroid dienone is 1. The van der Waals surface area contributed by atoms with Crippen molar-refractivity contribution in [3.63, 3.8) is 0 Å². The Morgan fingerprint density at radius 2 is 1.94 bits per heavy atom. The van der Waals surface area contributed by atoms with Gasteiger partial charge in [-0.25, -0.2) is 8.42 Å². The van der Waals surface area contributed by atoms with Crippen molar-refractivity contribution < 1.29 is 13.2 Å². The third-order valence-corrected chi connectivity index (χ3v) is 9.07. The molecule has 0 bridgehead atoms. The minimum Gasteiger partial charge on any atom is -0.336 e. The van der Waals surface area contributed by atoms with Gasteiger partial charge in [-0.1, -0.05) is 6.08 Å². The number of hydrogen-bond donors (Lipinski definition) is 1. The van der Waals surface area contributed by atoms with Crippen molar-refractivity contribution in [2.24, 2.45) is 0 Å². The highest BCUT2D eigenvalue weighted by molar-refractivity contribution is 7.91. The Balaban J connectivity index is 1.53. The van der Waals surface area contributed by atoms with E-state index in [0.717, 1.165) is 4.88 Å². The number of carbonyl (C=O) groups is 1. The van der Waals surface area contributed by atoms with Crippen molar-refractivity contribution in [3.8, 4) is 0 Å². The number of rotatable bonds is 5. The molecule has 1 aliphatic rings. The topological polar surface area (TPSA) is 95.5 Å². The molecule has 0 radical (unpaired) electrons. The number of hydrogen-bond acceptors (Lipinski definition) is 6. The maximum absolute atomic E-state index is 13.0. The van der Waals surface area contributed by atoms with Gasteiger partial charge in [0, 0.05) is 43.2 Å². The van der Waals surface area contributed by atoms with Crippen LogP contribution in [0.4, 0.5) is 0 Å². The van der Waals surface area contributed by atoms with Crippen molar-refractivity contribution in [1.29, 1.82) is 0 Å². The molecule has 3 aromatic rings. The van der Waals surface area contributed by atoms with Crippen molar-refractivity contribution in [2.45, 2.75) is 17.7 Å². The van der Waals surface area contributed by atoms with Gasteiger partial charge in [0.05, 0.1) is 10.9 Å². The Hall–Kier alpha value is -2.60. The van der Waals surface area contributed by atoms with E-state index in [1.165, 1.54) is 20.2 Å². The molecule has 3 heterocycles. The molecule has 2 aromatic heterocycles. The average Bonchev–Trinajstić information content (AvgIpc) is 3.23. The highest BCUT2D eigenvalue weighted by Gasteiger charge is 2.31. The van der Waals surface area contributed by atoms with Crippen molar-refractivity contribution in [1.82, 2.24) is 18.8 Å². The van der Waals surface area contributed by atoms with Crippen LogP contribution in [0.25, 0.3) is 10.9 Å². The van der Waals surface area contributed by atoms with Crippen LogP contribution in [-0.2, 0) is 16.6 Å². The largest absolute Gasteiger partial charge is 0.336 e. The zero-order valence-electron chi connectivity index (χ0n) is 17.4. The molecule has 0 saturated carbocycles. The van der Waals surface area contributed by atoms with Crippen LogP contribution in [-0.4, -0.2) is 59.3 Å². The van der Waals surface area contributed by atoms with E-state index in [2.05, 4.69) is 11.6 Å². The molecular weight excluding hydrogens is 468 g/mol. The number of nitrogens with zero attached hydrogens (tertiary/aromatic N) is 3. The summed E-state index contributed by atoms with van der Waals surface area (Å²) < 4.78 is 29.0. The van der Waals surface area contributed by atoms with Crippen LogP contribution in [0.1, 0.15) is 15.2 Å². The molecule has 4 rings (SSSR count). The second-order valence-electron chi connectivity index (χ2n) is 7.46. The van der Waals surface area contributed by atoms with E-state index in [-0.39, 0.29) is 42.4 Å². The lowest BCUT2D eigenvalue weighted by molar-refractivity contribution is 0.0698. The number of benzene rings is 1. The Bertz CT molecular complexity index is 1430. The monoisotopic (exact) mass is 490 g/mol. The van der Waals surface area contributed by atoms with Gasteiger partial charge in [-0.05, 0) is 49.5 Å². The van der Waals surface area contributed by atoms with Crippen molar-refractivity contribution in [2.75, 3.05) is 26.2 Å². The van der Waals surface area contributed by atoms with Crippen LogP contribution in [0.15, 0.2) is 52.0 Å². The first-order valence-corrected chi connectivity index (χ1v) is 12.6. The van der Waals surface area contributed by atoms with Crippen LogP contribution >= 0.6 is 23.6 Å². The number of thiophene rings is 1. The minimum atomic E-state index is -3.55. The van der Waals surface area contributed by atoms with Gasteiger partial charge < -0.3 is 9.88 Å². The summed E-state index contributed by atoms with van der Waals surface area (Å²) in [4.78, 5) is 31.2. The molecule has 1 fully saturated rings. The zero-order valence-corrected chi connectivity index (χ0v) is 19.9. The van der Waals surface area contributed by atoms with E-state index >= 15 is 0 Å². The summed E-state index contributed by atoms with van der Waals surface area (Å²) in [7, 11) is -3.55. The predicted molar refractivity (Wildman–Crippen MR) is 127 cm³/mol. The number of aromatic nitrogens is 2. The number of carbonyl (C=O) groups excluding carboxylic acids is 1. The fourth-order valence-corrected chi connectivity index (χ4v) is 6.80. The second-order valence-corrected chi connectivity index (χ2v) is 11.3. The normalized spacial score (nSPS) is 15.2. The number of amides is 1. The number of sulfonamides is 1. The van der Waals surface area contributed by atoms with Crippen LogP contribution in [0.5, 0.6) is 0 Å². The quantitative estimate of drug-likeness (QED) is 0.438. The summed E-state index contributed by atoms with van der Waals surface area (Å²) in [6.45, 7) is 6.83. The van der Waals surface area contributed by atoms with E-state index in [0.29, 0.717) is 27.2 Å². The number of aryl methyl sites for hydroxylation is 1. The number of fused-ring (bicyclic) bond motifs is 1. The number of nitrogens with one attached hydrogen (secondary N) is 1. The Kier molecular flexibility index (Phi) is 6.17. The van der Waals surface area contributed by atoms with E-state index in [1.807, 2.05) is 6.92 Å². The first kappa shape index (κ1) is 22.6. The van der Waals surface area contributed by atoms with Gasteiger partial charge in [0.15, 0.2) is 4.77 Å². The second kappa shape index (κ2) is 8.74. The SMILES string of the molecule is C=CCn1c(=S)[nH]c2cc(C(=O)N3CCN(S(=O)(=O)c4ccc(C)s4)CC3)ccc2c1=O. The third-order valence-electron chi connectivity index (χ3n) is 5.38. The van der Waals surface area contributed by atoms with Crippen LogP contribution in [0, 0.1) is 11.7 Å². The summed E-state index contributed by atoms with van der Waals surface area (Å²) in [5.74, 6) is -0.217. The van der Waals surface area contributed by atoms with E-state index in [9.17, 15) is 18.0 Å². The molecule has 0 atom stereocenters. The minimum absolute atomic E-state index is 0.217. The average molecular weight is 491 g/mol. The third kappa shape index (κ3) is 4.08. The standard InChI is InChI=1S/C21H22N4O4S3/c1-3-8-25-20(27)16-6-5-15(13-17(16)22-21(25)30)19(26)23-9-11-24(12-10-23)32(28,29)18-7-4-14(2)31-18/h3-7,13H,1,8-12H2,2H3,(H,22,30). The molecule has 0 spiro atoms. The van der Waals surface area contributed by atoms with E-state index in [4.69, 9.17) is 12.2 Å². The fourth-order valence-electron chi connectivity index (χ4n) is 3.67. The molecule has 0 unspecified atom stereocenters. The molecule has 1 N–H and O–H groups in total. The smallest absolute Gasteiger partial charge is 0.262 e. The molecule has 1 aliphatic heterocycles. The van der Waals surface area contributed by atoms with Crippen molar-refractivity contribution in [3.05, 3.63) is 68.6 Å². The van der Waals surface area contributed by atoms with Crippen LogP contribution in [0.2, 0.25) is 0 Å². The molecule has 11 heteroatoms. The highest BCUT2D eigenvalue weighted by atomic mass is 32.2. The lowest BCUT2D eigenvalue weighted by Crippen LogP contribution is -2.50. The highest BCUT2D eigenvalue weighted by Crippen LogP contribution is 2.25. The van der Waals surface area contributed by atoms with Gasteiger partial charge in [-0.15, -0.1) is 17.9 Å². The molecule has 1 saturated heterocycles.